The van der Waals surface area contributed by atoms with Gasteiger partial charge in [-0.2, -0.15) is 0 Å². The summed E-state index contributed by atoms with van der Waals surface area (Å²) in [6.45, 7) is 5.87. The lowest BCUT2D eigenvalue weighted by atomic mass is 10.1. The fourth-order valence-corrected chi connectivity index (χ4v) is 4.82. The van der Waals surface area contributed by atoms with E-state index in [1.807, 2.05) is 20.8 Å². The molecule has 0 fully saturated rings. The zero-order valence-electron chi connectivity index (χ0n) is 19.8. The zero-order valence-corrected chi connectivity index (χ0v) is 23.0. The van der Waals surface area contributed by atoms with Crippen molar-refractivity contribution in [3.05, 3.63) is 63.6 Å². The van der Waals surface area contributed by atoms with Crippen LogP contribution in [0.2, 0.25) is 5.02 Å². The van der Waals surface area contributed by atoms with Crippen molar-refractivity contribution >= 4 is 55.1 Å². The summed E-state index contributed by atoms with van der Waals surface area (Å²) in [6, 6.07) is 13.0. The van der Waals surface area contributed by atoms with Gasteiger partial charge in [-0.25, -0.2) is 8.42 Å². The van der Waals surface area contributed by atoms with Crippen LogP contribution in [-0.4, -0.2) is 50.5 Å². The molecule has 186 valence electrons. The van der Waals surface area contributed by atoms with Gasteiger partial charge in [0.25, 0.3) is 0 Å². The van der Waals surface area contributed by atoms with Crippen molar-refractivity contribution in [2.24, 2.45) is 5.92 Å². The standard InChI is InChI=1S/C24H31BrClN3O4S/c1-5-22(24(31)27-14-17(2)3)28(15-18-9-6-7-12-21(18)26)23(30)16-29(34(4,32)33)20-11-8-10-19(25)13-20/h6-13,17,22H,5,14-16H2,1-4H3,(H,27,31). The Kier molecular flexibility index (Phi) is 10.4. The number of rotatable bonds is 11. The van der Waals surface area contributed by atoms with E-state index in [1.54, 1.807) is 48.5 Å². The number of benzene rings is 2. The van der Waals surface area contributed by atoms with Crippen LogP contribution in [0.25, 0.3) is 0 Å². The van der Waals surface area contributed by atoms with Crippen LogP contribution in [0.4, 0.5) is 5.69 Å². The second kappa shape index (κ2) is 12.6. The Bertz CT molecular complexity index is 1110. The number of sulfonamides is 1. The highest BCUT2D eigenvalue weighted by atomic mass is 79.9. The molecule has 0 bridgehead atoms. The Morgan fingerprint density at radius 2 is 1.79 bits per heavy atom. The molecule has 7 nitrogen and oxygen atoms in total. The molecular weight excluding hydrogens is 542 g/mol. The van der Waals surface area contributed by atoms with Crippen molar-refractivity contribution in [3.8, 4) is 0 Å². The number of carbonyl (C=O) groups excluding carboxylic acids is 2. The maximum absolute atomic E-state index is 13.6. The number of hydrogen-bond acceptors (Lipinski definition) is 4. The predicted octanol–water partition coefficient (Wildman–Crippen LogP) is 4.45. The van der Waals surface area contributed by atoms with E-state index in [9.17, 15) is 18.0 Å². The SMILES string of the molecule is CCC(C(=O)NCC(C)C)N(Cc1ccccc1Cl)C(=O)CN(c1cccc(Br)c1)S(C)(=O)=O. The van der Waals surface area contributed by atoms with E-state index in [2.05, 4.69) is 21.2 Å². The highest BCUT2D eigenvalue weighted by Crippen LogP contribution is 2.24. The van der Waals surface area contributed by atoms with Gasteiger partial charge in [-0.15, -0.1) is 0 Å². The monoisotopic (exact) mass is 571 g/mol. The minimum Gasteiger partial charge on any atom is -0.354 e. The summed E-state index contributed by atoms with van der Waals surface area (Å²) in [5.74, 6) is -0.548. The normalized spacial score (nSPS) is 12.3. The summed E-state index contributed by atoms with van der Waals surface area (Å²) >= 11 is 9.69. The molecule has 0 aromatic heterocycles. The molecule has 0 aliphatic heterocycles. The summed E-state index contributed by atoms with van der Waals surface area (Å²) < 4.78 is 26.9. The van der Waals surface area contributed by atoms with Crippen molar-refractivity contribution in [1.29, 1.82) is 0 Å². The molecule has 10 heteroatoms. The van der Waals surface area contributed by atoms with Crippen molar-refractivity contribution in [2.45, 2.75) is 39.8 Å². The smallest absolute Gasteiger partial charge is 0.244 e. The zero-order chi connectivity index (χ0) is 25.5. The Morgan fingerprint density at radius 3 is 2.35 bits per heavy atom. The summed E-state index contributed by atoms with van der Waals surface area (Å²) in [7, 11) is -3.78. The maximum Gasteiger partial charge on any atom is 0.244 e. The number of anilines is 1. The van der Waals surface area contributed by atoms with Crippen LogP contribution in [0.3, 0.4) is 0 Å². The molecule has 34 heavy (non-hydrogen) atoms. The van der Waals surface area contributed by atoms with Gasteiger partial charge in [-0.05, 0) is 42.2 Å². The van der Waals surface area contributed by atoms with E-state index in [0.29, 0.717) is 33.7 Å². The van der Waals surface area contributed by atoms with E-state index in [0.717, 1.165) is 10.6 Å². The highest BCUT2D eigenvalue weighted by molar-refractivity contribution is 9.10. The topological polar surface area (TPSA) is 86.8 Å². The van der Waals surface area contributed by atoms with Crippen LogP contribution < -0.4 is 9.62 Å². The van der Waals surface area contributed by atoms with Crippen LogP contribution in [0, 0.1) is 5.92 Å². The fourth-order valence-electron chi connectivity index (χ4n) is 3.40. The van der Waals surface area contributed by atoms with Gasteiger partial charge in [0.05, 0.1) is 11.9 Å². The quantitative estimate of drug-likeness (QED) is 0.431. The van der Waals surface area contributed by atoms with Gasteiger partial charge < -0.3 is 10.2 Å². The second-order valence-corrected chi connectivity index (χ2v) is 11.7. The molecule has 2 aromatic carbocycles. The molecule has 1 unspecified atom stereocenters. The molecular formula is C24H31BrClN3O4S. The Labute approximate surface area is 215 Å². The first-order valence-electron chi connectivity index (χ1n) is 11.0. The van der Waals surface area contributed by atoms with Crippen molar-refractivity contribution < 1.29 is 18.0 Å². The number of hydrogen-bond donors (Lipinski definition) is 1. The minimum absolute atomic E-state index is 0.0716. The molecule has 0 saturated carbocycles. The molecule has 2 amide bonds. The second-order valence-electron chi connectivity index (χ2n) is 8.43. The lowest BCUT2D eigenvalue weighted by Gasteiger charge is -2.33. The lowest BCUT2D eigenvalue weighted by Crippen LogP contribution is -2.52. The van der Waals surface area contributed by atoms with Crippen LogP contribution in [0.1, 0.15) is 32.8 Å². The van der Waals surface area contributed by atoms with Gasteiger partial charge in [-0.3, -0.25) is 13.9 Å². The number of nitrogens with one attached hydrogen (secondary N) is 1. The van der Waals surface area contributed by atoms with Gasteiger partial charge in [0.1, 0.15) is 12.6 Å². The Hall–Kier alpha value is -2.10. The van der Waals surface area contributed by atoms with Gasteiger partial charge >= 0.3 is 0 Å². The molecule has 1 N–H and O–H groups in total. The fraction of sp³-hybridized carbons (Fsp3) is 0.417. The van der Waals surface area contributed by atoms with Gasteiger partial charge in [-0.1, -0.05) is 72.6 Å². The van der Waals surface area contributed by atoms with Crippen LogP contribution in [0.5, 0.6) is 0 Å². The van der Waals surface area contributed by atoms with Crippen molar-refractivity contribution in [2.75, 3.05) is 23.7 Å². The average molecular weight is 573 g/mol. The van der Waals surface area contributed by atoms with Crippen LogP contribution in [-0.2, 0) is 26.2 Å². The molecule has 0 aliphatic rings. The lowest BCUT2D eigenvalue weighted by molar-refractivity contribution is -0.140. The van der Waals surface area contributed by atoms with E-state index in [4.69, 9.17) is 11.6 Å². The van der Waals surface area contributed by atoms with E-state index in [1.165, 1.54) is 4.90 Å². The molecule has 0 spiro atoms. The molecule has 0 radical (unpaired) electrons. The van der Waals surface area contributed by atoms with Crippen LogP contribution >= 0.6 is 27.5 Å². The van der Waals surface area contributed by atoms with E-state index in [-0.39, 0.29) is 18.4 Å². The van der Waals surface area contributed by atoms with Gasteiger partial charge in [0.2, 0.25) is 21.8 Å². The Morgan fingerprint density at radius 1 is 1.12 bits per heavy atom. The number of amides is 2. The number of halogens is 2. The summed E-state index contributed by atoms with van der Waals surface area (Å²) in [6.07, 6.45) is 1.40. The number of carbonyl (C=O) groups is 2. The van der Waals surface area contributed by atoms with Gasteiger partial charge in [0.15, 0.2) is 0 Å². The molecule has 0 saturated heterocycles. The number of nitrogens with zero attached hydrogens (tertiary/aromatic N) is 2. The van der Waals surface area contributed by atoms with Crippen LogP contribution in [0.15, 0.2) is 53.0 Å². The molecule has 2 rings (SSSR count). The molecule has 0 aliphatic carbocycles. The van der Waals surface area contributed by atoms with Crippen molar-refractivity contribution in [3.63, 3.8) is 0 Å². The molecule has 2 aromatic rings. The average Bonchev–Trinajstić information content (AvgIpc) is 2.76. The third kappa shape index (κ3) is 7.99. The largest absolute Gasteiger partial charge is 0.354 e. The van der Waals surface area contributed by atoms with Gasteiger partial charge in [0, 0.05) is 22.6 Å². The summed E-state index contributed by atoms with van der Waals surface area (Å²) in [5, 5.41) is 3.35. The minimum atomic E-state index is -3.78. The molecule has 0 heterocycles. The summed E-state index contributed by atoms with van der Waals surface area (Å²) in [5.41, 5.74) is 1.02. The van der Waals surface area contributed by atoms with E-state index >= 15 is 0 Å². The van der Waals surface area contributed by atoms with Crippen molar-refractivity contribution in [1.82, 2.24) is 10.2 Å². The Balaban J connectivity index is 2.43. The first kappa shape index (κ1) is 28.1. The first-order valence-corrected chi connectivity index (χ1v) is 14.0. The third-order valence-corrected chi connectivity index (χ3v) is 7.15. The van der Waals surface area contributed by atoms with E-state index < -0.39 is 28.5 Å². The molecule has 1 atom stereocenters. The first-order chi connectivity index (χ1) is 15.9. The summed E-state index contributed by atoms with van der Waals surface area (Å²) in [4.78, 5) is 28.0. The third-order valence-electron chi connectivity index (χ3n) is 5.14. The predicted molar refractivity (Wildman–Crippen MR) is 140 cm³/mol. The highest BCUT2D eigenvalue weighted by Gasteiger charge is 2.32. The maximum atomic E-state index is 13.6.